The molecule has 36 heavy (non-hydrogen) atoms. The summed E-state index contributed by atoms with van der Waals surface area (Å²) in [5.74, 6) is 0.00289. The molecule has 3 heterocycles. The first-order chi connectivity index (χ1) is 17.6. The van der Waals surface area contributed by atoms with Gasteiger partial charge in [0.1, 0.15) is 5.69 Å². The molecule has 2 saturated heterocycles. The van der Waals surface area contributed by atoms with Gasteiger partial charge in [-0.1, -0.05) is 37.1 Å². The van der Waals surface area contributed by atoms with E-state index >= 15 is 0 Å². The van der Waals surface area contributed by atoms with E-state index in [4.69, 9.17) is 0 Å². The average Bonchev–Trinajstić information content (AvgIpc) is 3.17. The number of benzene rings is 2. The van der Waals surface area contributed by atoms with Gasteiger partial charge in [-0.3, -0.25) is 4.79 Å². The number of piperidine rings is 1. The number of hydrogen-bond acceptors (Lipinski definition) is 4. The number of fused-ring (bicyclic) bond motifs is 1. The summed E-state index contributed by atoms with van der Waals surface area (Å²) < 4.78 is 0. The van der Waals surface area contributed by atoms with E-state index in [9.17, 15) is 4.79 Å². The van der Waals surface area contributed by atoms with Gasteiger partial charge in [0.25, 0.3) is 5.91 Å². The molecule has 2 fully saturated rings. The first-order valence-corrected chi connectivity index (χ1v) is 13.7. The highest BCUT2D eigenvalue weighted by Crippen LogP contribution is 2.30. The molecular formula is C30H41N5O. The smallest absolute Gasteiger partial charge is 0.267 e. The highest BCUT2D eigenvalue weighted by molar-refractivity contribution is 6.03. The number of amides is 1. The van der Waals surface area contributed by atoms with E-state index in [0.29, 0.717) is 5.69 Å². The summed E-state index contributed by atoms with van der Waals surface area (Å²) in [6.45, 7) is 7.00. The standard InChI is InChI=1S/C30H41N5O/c1-33(2)25-12-10-23(11-13-25)26-8-7-9-28-27(26)22-29(32-28)30(36)31-24-14-18-35(19-15-24)21-20-34-16-5-3-4-6-17-34/h7-13,22,24,32H,3-6,14-21H2,1-2H3,(H,31,36). The molecule has 0 saturated carbocycles. The SMILES string of the molecule is CN(C)c1ccc(-c2cccc3[nH]c(C(=O)NC4CCN(CCN5CCCCCC5)CC4)cc23)cc1. The fourth-order valence-electron chi connectivity index (χ4n) is 5.68. The summed E-state index contributed by atoms with van der Waals surface area (Å²) in [7, 11) is 4.10. The minimum atomic E-state index is 0.00289. The number of aromatic nitrogens is 1. The van der Waals surface area contributed by atoms with Crippen molar-refractivity contribution in [2.75, 3.05) is 58.3 Å². The van der Waals surface area contributed by atoms with Crippen LogP contribution in [0.5, 0.6) is 0 Å². The van der Waals surface area contributed by atoms with Crippen molar-refractivity contribution in [1.29, 1.82) is 0 Å². The molecule has 3 aromatic rings. The van der Waals surface area contributed by atoms with E-state index in [1.165, 1.54) is 51.0 Å². The van der Waals surface area contributed by atoms with Gasteiger partial charge in [-0.25, -0.2) is 0 Å². The lowest BCUT2D eigenvalue weighted by Crippen LogP contribution is -2.46. The van der Waals surface area contributed by atoms with Gasteiger partial charge >= 0.3 is 0 Å². The number of carbonyl (C=O) groups excluding carboxylic acids is 1. The van der Waals surface area contributed by atoms with Crippen LogP contribution in [0.2, 0.25) is 0 Å². The molecule has 2 aromatic carbocycles. The summed E-state index contributed by atoms with van der Waals surface area (Å²) >= 11 is 0. The number of rotatable bonds is 7. The lowest BCUT2D eigenvalue weighted by molar-refractivity contribution is 0.0902. The van der Waals surface area contributed by atoms with Crippen LogP contribution in [0.15, 0.2) is 48.5 Å². The van der Waals surface area contributed by atoms with Gasteiger partial charge < -0.3 is 25.0 Å². The first kappa shape index (κ1) is 24.8. The van der Waals surface area contributed by atoms with E-state index in [2.05, 4.69) is 61.4 Å². The topological polar surface area (TPSA) is 54.6 Å². The Balaban J connectivity index is 1.17. The number of H-pyrrole nitrogens is 1. The maximum atomic E-state index is 13.1. The highest BCUT2D eigenvalue weighted by Gasteiger charge is 2.22. The van der Waals surface area contributed by atoms with Crippen LogP contribution in [0.25, 0.3) is 22.0 Å². The quantitative estimate of drug-likeness (QED) is 0.494. The molecule has 192 valence electrons. The molecule has 1 aromatic heterocycles. The van der Waals surface area contributed by atoms with Gasteiger partial charge in [-0.15, -0.1) is 0 Å². The zero-order valence-corrected chi connectivity index (χ0v) is 21.9. The molecule has 1 amide bonds. The molecule has 2 aliphatic rings. The number of likely N-dealkylation sites (tertiary alicyclic amines) is 2. The number of nitrogens with zero attached hydrogens (tertiary/aromatic N) is 3. The third-order valence-electron chi connectivity index (χ3n) is 7.96. The van der Waals surface area contributed by atoms with Crippen LogP contribution in [0.3, 0.4) is 0 Å². The van der Waals surface area contributed by atoms with Gasteiger partial charge in [-0.2, -0.15) is 0 Å². The third-order valence-corrected chi connectivity index (χ3v) is 7.96. The lowest BCUT2D eigenvalue weighted by atomic mass is 10.0. The number of anilines is 1. The zero-order valence-electron chi connectivity index (χ0n) is 21.9. The lowest BCUT2D eigenvalue weighted by Gasteiger charge is -2.33. The Morgan fingerprint density at radius 1 is 0.917 bits per heavy atom. The Morgan fingerprint density at radius 2 is 1.58 bits per heavy atom. The minimum Gasteiger partial charge on any atom is -0.378 e. The first-order valence-electron chi connectivity index (χ1n) is 13.7. The predicted octanol–water partition coefficient (Wildman–Crippen LogP) is 4.97. The molecule has 2 aliphatic heterocycles. The van der Waals surface area contributed by atoms with Crippen LogP contribution < -0.4 is 10.2 Å². The van der Waals surface area contributed by atoms with E-state index in [0.717, 1.165) is 54.5 Å². The van der Waals surface area contributed by atoms with Crippen molar-refractivity contribution in [2.45, 2.75) is 44.6 Å². The molecule has 0 spiro atoms. The van der Waals surface area contributed by atoms with Crippen molar-refractivity contribution in [3.63, 3.8) is 0 Å². The van der Waals surface area contributed by atoms with Gasteiger partial charge in [-0.05, 0) is 74.2 Å². The summed E-state index contributed by atoms with van der Waals surface area (Å²) in [6, 6.07) is 17.1. The minimum absolute atomic E-state index is 0.00289. The van der Waals surface area contributed by atoms with Gasteiger partial charge in [0.15, 0.2) is 0 Å². The second-order valence-corrected chi connectivity index (χ2v) is 10.7. The molecule has 2 N–H and O–H groups in total. The van der Waals surface area contributed by atoms with Crippen LogP contribution in [0.1, 0.15) is 49.0 Å². The maximum Gasteiger partial charge on any atom is 0.267 e. The summed E-state index contributed by atoms with van der Waals surface area (Å²) in [5.41, 5.74) is 5.12. The molecule has 0 unspecified atom stereocenters. The van der Waals surface area contributed by atoms with E-state index in [1.807, 2.05) is 26.2 Å². The largest absolute Gasteiger partial charge is 0.378 e. The normalized spacial score (nSPS) is 18.3. The summed E-state index contributed by atoms with van der Waals surface area (Å²) in [4.78, 5) is 23.8. The van der Waals surface area contributed by atoms with Crippen LogP contribution >= 0.6 is 0 Å². The van der Waals surface area contributed by atoms with Crippen LogP contribution in [-0.2, 0) is 0 Å². The van der Waals surface area contributed by atoms with Gasteiger partial charge in [0.05, 0.1) is 0 Å². The van der Waals surface area contributed by atoms with Crippen LogP contribution in [0.4, 0.5) is 5.69 Å². The fourth-order valence-corrected chi connectivity index (χ4v) is 5.68. The van der Waals surface area contributed by atoms with Crippen molar-refractivity contribution >= 4 is 22.5 Å². The molecule has 0 atom stereocenters. The van der Waals surface area contributed by atoms with Crippen molar-refractivity contribution in [3.8, 4) is 11.1 Å². The van der Waals surface area contributed by atoms with Crippen molar-refractivity contribution in [1.82, 2.24) is 20.1 Å². The Kier molecular flexibility index (Phi) is 7.93. The Morgan fingerprint density at radius 3 is 2.25 bits per heavy atom. The number of hydrogen-bond donors (Lipinski definition) is 2. The molecule has 0 aliphatic carbocycles. The summed E-state index contributed by atoms with van der Waals surface area (Å²) in [5, 5.41) is 4.38. The van der Waals surface area contributed by atoms with Crippen molar-refractivity contribution < 1.29 is 4.79 Å². The maximum absolute atomic E-state index is 13.1. The Hall–Kier alpha value is -2.83. The van der Waals surface area contributed by atoms with Gasteiger partial charge in [0, 0.05) is 62.9 Å². The average molecular weight is 488 g/mol. The number of carbonyl (C=O) groups is 1. The molecular weight excluding hydrogens is 446 g/mol. The van der Waals surface area contributed by atoms with Crippen molar-refractivity contribution in [3.05, 3.63) is 54.2 Å². The fraction of sp³-hybridized carbons (Fsp3) is 0.500. The monoisotopic (exact) mass is 487 g/mol. The van der Waals surface area contributed by atoms with E-state index in [1.54, 1.807) is 0 Å². The third kappa shape index (κ3) is 5.93. The van der Waals surface area contributed by atoms with Crippen LogP contribution in [-0.4, -0.2) is 80.1 Å². The number of nitrogens with one attached hydrogen (secondary N) is 2. The second kappa shape index (κ2) is 11.5. The van der Waals surface area contributed by atoms with E-state index < -0.39 is 0 Å². The Labute approximate surface area is 215 Å². The predicted molar refractivity (Wildman–Crippen MR) is 150 cm³/mol. The van der Waals surface area contributed by atoms with Crippen molar-refractivity contribution in [2.24, 2.45) is 0 Å². The Bertz CT molecular complexity index is 1140. The highest BCUT2D eigenvalue weighted by atomic mass is 16.1. The van der Waals surface area contributed by atoms with E-state index in [-0.39, 0.29) is 11.9 Å². The molecule has 0 radical (unpaired) electrons. The molecule has 6 nitrogen and oxygen atoms in total. The molecule has 5 rings (SSSR count). The number of aromatic amines is 1. The zero-order chi connectivity index (χ0) is 24.9. The van der Waals surface area contributed by atoms with Crippen LogP contribution in [0, 0.1) is 0 Å². The molecule has 6 heteroatoms. The molecule has 0 bridgehead atoms. The summed E-state index contributed by atoms with van der Waals surface area (Å²) in [6.07, 6.45) is 7.54. The second-order valence-electron chi connectivity index (χ2n) is 10.7. The van der Waals surface area contributed by atoms with Gasteiger partial charge in [0.2, 0.25) is 0 Å².